The monoisotopic (exact) mass is 455 g/mol. The van der Waals surface area contributed by atoms with Crippen LogP contribution in [0.3, 0.4) is 0 Å². The molecular formula is C24H29N3O4S. The summed E-state index contributed by atoms with van der Waals surface area (Å²) in [5, 5.41) is 4.07. The smallest absolute Gasteiger partial charge is 0.225 e. The molecule has 0 spiro atoms. The number of nitrogens with one attached hydrogen (secondary N) is 1. The minimum Gasteiger partial charge on any atom is -0.493 e. The maximum Gasteiger partial charge on any atom is 0.225 e. The number of piperidine rings is 1. The van der Waals surface area contributed by atoms with Gasteiger partial charge in [-0.3, -0.25) is 4.79 Å². The number of methoxy groups -OCH3 is 3. The van der Waals surface area contributed by atoms with Crippen LogP contribution in [0.1, 0.15) is 24.0 Å². The second kappa shape index (κ2) is 9.65. The van der Waals surface area contributed by atoms with Gasteiger partial charge in [0.2, 0.25) is 11.7 Å². The molecule has 1 atom stereocenters. The number of fused-ring (bicyclic) bond motifs is 1. The van der Waals surface area contributed by atoms with Crippen LogP contribution < -0.4 is 24.4 Å². The number of anilines is 1. The number of nitrogens with zero attached hydrogens (tertiary/aromatic N) is 2. The molecule has 0 saturated carbocycles. The van der Waals surface area contributed by atoms with Crippen molar-refractivity contribution in [2.45, 2.75) is 26.3 Å². The minimum atomic E-state index is -0.0699. The summed E-state index contributed by atoms with van der Waals surface area (Å²) in [6.07, 6.45) is 1.85. The SMILES string of the molecule is COc1cc(CNC(=O)C2CCCN(c3nc4ccc(C)cc4s3)C2)cc(OC)c1OC. The van der Waals surface area contributed by atoms with Crippen molar-refractivity contribution in [2.24, 2.45) is 5.92 Å². The molecule has 1 amide bonds. The van der Waals surface area contributed by atoms with Crippen LogP contribution in [0.2, 0.25) is 0 Å². The van der Waals surface area contributed by atoms with Gasteiger partial charge in [0.05, 0.1) is 37.5 Å². The Morgan fingerprint density at radius 1 is 1.16 bits per heavy atom. The summed E-state index contributed by atoms with van der Waals surface area (Å²) in [6, 6.07) is 10.0. The first-order chi connectivity index (χ1) is 15.5. The first-order valence-corrected chi connectivity index (χ1v) is 11.5. The third-order valence-electron chi connectivity index (χ3n) is 5.79. The molecule has 2 aromatic carbocycles. The van der Waals surface area contributed by atoms with Crippen LogP contribution >= 0.6 is 11.3 Å². The molecule has 1 saturated heterocycles. The van der Waals surface area contributed by atoms with Crippen molar-refractivity contribution < 1.29 is 19.0 Å². The van der Waals surface area contributed by atoms with Crippen molar-refractivity contribution in [3.8, 4) is 17.2 Å². The van der Waals surface area contributed by atoms with Crippen LogP contribution in [0.5, 0.6) is 17.2 Å². The van der Waals surface area contributed by atoms with Crippen molar-refractivity contribution in [1.82, 2.24) is 10.3 Å². The van der Waals surface area contributed by atoms with E-state index in [4.69, 9.17) is 19.2 Å². The molecule has 1 aliphatic rings. The number of hydrogen-bond donors (Lipinski definition) is 1. The van der Waals surface area contributed by atoms with E-state index in [-0.39, 0.29) is 11.8 Å². The first kappa shape index (κ1) is 22.2. The van der Waals surface area contributed by atoms with E-state index >= 15 is 0 Å². The molecular weight excluding hydrogens is 426 g/mol. The van der Waals surface area contributed by atoms with Gasteiger partial charge in [-0.25, -0.2) is 4.98 Å². The normalized spacial score (nSPS) is 16.1. The molecule has 1 N–H and O–H groups in total. The molecule has 1 aromatic heterocycles. The molecule has 1 fully saturated rings. The molecule has 170 valence electrons. The van der Waals surface area contributed by atoms with Crippen molar-refractivity contribution in [1.29, 1.82) is 0 Å². The number of benzene rings is 2. The first-order valence-electron chi connectivity index (χ1n) is 10.7. The highest BCUT2D eigenvalue weighted by Crippen LogP contribution is 2.38. The Morgan fingerprint density at radius 2 is 1.91 bits per heavy atom. The highest BCUT2D eigenvalue weighted by Gasteiger charge is 2.27. The summed E-state index contributed by atoms with van der Waals surface area (Å²) < 4.78 is 17.4. The molecule has 0 radical (unpaired) electrons. The van der Waals surface area contributed by atoms with Gasteiger partial charge in [-0.05, 0) is 55.2 Å². The van der Waals surface area contributed by atoms with E-state index in [1.807, 2.05) is 12.1 Å². The summed E-state index contributed by atoms with van der Waals surface area (Å²) in [5.74, 6) is 1.68. The number of aromatic nitrogens is 1. The van der Waals surface area contributed by atoms with E-state index in [9.17, 15) is 4.79 Å². The number of amides is 1. The van der Waals surface area contributed by atoms with Crippen LogP contribution in [0.4, 0.5) is 5.13 Å². The minimum absolute atomic E-state index is 0.0559. The number of carbonyl (C=O) groups excluding carboxylic acids is 1. The van der Waals surface area contributed by atoms with Crippen LogP contribution in [0.25, 0.3) is 10.2 Å². The van der Waals surface area contributed by atoms with Crippen molar-refractivity contribution >= 4 is 32.6 Å². The Bertz CT molecular complexity index is 1090. The number of aryl methyl sites for hydroxylation is 1. The maximum atomic E-state index is 13.0. The van der Waals surface area contributed by atoms with Crippen LogP contribution in [0.15, 0.2) is 30.3 Å². The third-order valence-corrected chi connectivity index (χ3v) is 6.87. The van der Waals surface area contributed by atoms with E-state index < -0.39 is 0 Å². The zero-order valence-corrected chi connectivity index (χ0v) is 19.8. The topological polar surface area (TPSA) is 72.9 Å². The van der Waals surface area contributed by atoms with Gasteiger partial charge in [0.25, 0.3) is 0 Å². The number of ether oxygens (including phenoxy) is 3. The number of hydrogen-bond acceptors (Lipinski definition) is 7. The maximum absolute atomic E-state index is 13.0. The molecule has 1 aliphatic heterocycles. The van der Waals surface area contributed by atoms with Crippen molar-refractivity contribution in [3.63, 3.8) is 0 Å². The van der Waals surface area contributed by atoms with Crippen molar-refractivity contribution in [2.75, 3.05) is 39.3 Å². The molecule has 32 heavy (non-hydrogen) atoms. The zero-order valence-electron chi connectivity index (χ0n) is 18.9. The Kier molecular flexibility index (Phi) is 6.69. The second-order valence-electron chi connectivity index (χ2n) is 8.00. The lowest BCUT2D eigenvalue weighted by Gasteiger charge is -2.31. The van der Waals surface area contributed by atoms with E-state index in [0.29, 0.717) is 30.3 Å². The van der Waals surface area contributed by atoms with Gasteiger partial charge < -0.3 is 24.4 Å². The van der Waals surface area contributed by atoms with E-state index in [2.05, 4.69) is 35.3 Å². The highest BCUT2D eigenvalue weighted by atomic mass is 32.1. The molecule has 4 rings (SSSR count). The fourth-order valence-electron chi connectivity index (χ4n) is 4.09. The van der Waals surface area contributed by atoms with Crippen LogP contribution in [-0.4, -0.2) is 45.3 Å². The van der Waals surface area contributed by atoms with E-state index in [1.165, 1.54) is 10.3 Å². The number of thiazole rings is 1. The van der Waals surface area contributed by atoms with Gasteiger partial charge in [0.1, 0.15) is 0 Å². The average Bonchev–Trinajstić information content (AvgIpc) is 3.25. The van der Waals surface area contributed by atoms with Crippen molar-refractivity contribution in [3.05, 3.63) is 41.5 Å². The number of carbonyl (C=O) groups is 1. The van der Waals surface area contributed by atoms with Gasteiger partial charge in [-0.15, -0.1) is 0 Å². The lowest BCUT2D eigenvalue weighted by Crippen LogP contribution is -2.42. The zero-order chi connectivity index (χ0) is 22.7. The Morgan fingerprint density at radius 3 is 2.59 bits per heavy atom. The molecule has 8 heteroatoms. The summed E-state index contributed by atoms with van der Waals surface area (Å²) >= 11 is 1.70. The van der Waals surface area contributed by atoms with Gasteiger partial charge in [0.15, 0.2) is 16.6 Å². The van der Waals surface area contributed by atoms with Gasteiger partial charge >= 0.3 is 0 Å². The highest BCUT2D eigenvalue weighted by molar-refractivity contribution is 7.22. The quantitative estimate of drug-likeness (QED) is 0.577. The lowest BCUT2D eigenvalue weighted by molar-refractivity contribution is -0.125. The largest absolute Gasteiger partial charge is 0.493 e. The molecule has 0 bridgehead atoms. The van der Waals surface area contributed by atoms with E-state index in [1.54, 1.807) is 32.7 Å². The summed E-state index contributed by atoms with van der Waals surface area (Å²) in [4.78, 5) is 20.0. The Labute approximate surface area is 192 Å². The fraction of sp³-hybridized carbons (Fsp3) is 0.417. The summed E-state index contributed by atoms with van der Waals surface area (Å²) in [7, 11) is 4.74. The average molecular weight is 456 g/mol. The molecule has 2 heterocycles. The third kappa shape index (κ3) is 4.60. The van der Waals surface area contributed by atoms with Gasteiger partial charge in [-0.1, -0.05) is 17.4 Å². The fourth-order valence-corrected chi connectivity index (χ4v) is 5.19. The molecule has 7 nitrogen and oxygen atoms in total. The second-order valence-corrected chi connectivity index (χ2v) is 9.01. The predicted octanol–water partition coefficient (Wildman–Crippen LogP) is 4.16. The van der Waals surface area contributed by atoms with Gasteiger partial charge in [-0.2, -0.15) is 0 Å². The van der Waals surface area contributed by atoms with E-state index in [0.717, 1.165) is 35.6 Å². The Balaban J connectivity index is 1.42. The van der Waals surface area contributed by atoms with Crippen LogP contribution in [-0.2, 0) is 11.3 Å². The molecule has 1 unspecified atom stereocenters. The summed E-state index contributed by atoms with van der Waals surface area (Å²) in [5.41, 5.74) is 3.14. The summed E-state index contributed by atoms with van der Waals surface area (Å²) in [6.45, 7) is 4.09. The molecule has 0 aliphatic carbocycles. The lowest BCUT2D eigenvalue weighted by atomic mass is 9.97. The standard InChI is InChI=1S/C24H29N3O4S/c1-15-7-8-18-21(10-15)32-24(26-18)27-9-5-6-17(14-27)23(28)25-13-16-11-19(29-2)22(31-4)20(12-16)30-3/h7-8,10-12,17H,5-6,9,13-14H2,1-4H3,(H,25,28). The van der Waals surface area contributed by atoms with Crippen LogP contribution in [0, 0.1) is 12.8 Å². The van der Waals surface area contributed by atoms with Gasteiger partial charge in [0, 0.05) is 19.6 Å². The Hall–Kier alpha value is -3.00. The number of rotatable bonds is 7. The molecule has 3 aromatic rings. The predicted molar refractivity (Wildman–Crippen MR) is 127 cm³/mol.